The summed E-state index contributed by atoms with van der Waals surface area (Å²) in [4.78, 5) is 5.39. The van der Waals surface area contributed by atoms with Crippen LogP contribution in [0.4, 0.5) is 0 Å². The molecule has 0 radical (unpaired) electrons. The first-order chi connectivity index (χ1) is 27.3. The highest BCUT2D eigenvalue weighted by Gasteiger charge is 2.21. The first kappa shape index (κ1) is 30.5. The van der Waals surface area contributed by atoms with Gasteiger partial charge in [0.05, 0.1) is 27.8 Å². The minimum absolute atomic E-state index is 0.903. The molecule has 256 valence electrons. The summed E-state index contributed by atoms with van der Waals surface area (Å²) < 4.78 is 7.43. The fourth-order valence-electron chi connectivity index (χ4n) is 8.80. The summed E-state index contributed by atoms with van der Waals surface area (Å²) in [6.45, 7) is 0. The molecule has 0 aliphatic carbocycles. The van der Waals surface area contributed by atoms with Crippen LogP contribution in [-0.2, 0) is 0 Å². The SMILES string of the molecule is c1ccc(-c2ccc3ccc(-n4c5ccccc5c5ccc6c(c7ccccc7n6-c6cccc(-c7ccc8sc9ccccc9c8c7)n6)c54)cc3c2)cc1. The smallest absolute Gasteiger partial charge is 0.138 e. The Balaban J connectivity index is 1.10. The Kier molecular flexibility index (Phi) is 6.50. The van der Waals surface area contributed by atoms with Gasteiger partial charge < -0.3 is 4.57 Å². The molecule has 4 aromatic heterocycles. The first-order valence-corrected chi connectivity index (χ1v) is 19.5. The molecular weight excluding hydrogens is 687 g/mol. The Bertz CT molecular complexity index is 3490. The molecule has 0 aliphatic rings. The van der Waals surface area contributed by atoms with Crippen LogP contribution in [0.5, 0.6) is 0 Å². The Morgan fingerprint density at radius 2 is 1.11 bits per heavy atom. The zero-order valence-electron chi connectivity index (χ0n) is 29.6. The molecule has 4 heterocycles. The third-order valence-corrected chi connectivity index (χ3v) is 12.4. The third-order valence-electron chi connectivity index (χ3n) is 11.3. The zero-order chi connectivity index (χ0) is 36.0. The predicted molar refractivity (Wildman–Crippen MR) is 234 cm³/mol. The van der Waals surface area contributed by atoms with Gasteiger partial charge in [-0.15, -0.1) is 11.3 Å². The lowest BCUT2D eigenvalue weighted by atomic mass is 10.0. The van der Waals surface area contributed by atoms with Crippen molar-refractivity contribution in [3.05, 3.63) is 188 Å². The molecule has 0 spiro atoms. The van der Waals surface area contributed by atoms with E-state index >= 15 is 0 Å². The molecule has 0 amide bonds. The fraction of sp³-hybridized carbons (Fsp3) is 0. The van der Waals surface area contributed by atoms with Gasteiger partial charge in [0.25, 0.3) is 0 Å². The molecule has 0 bridgehead atoms. The Morgan fingerprint density at radius 3 is 2.00 bits per heavy atom. The monoisotopic (exact) mass is 717 g/mol. The van der Waals surface area contributed by atoms with Gasteiger partial charge in [0.1, 0.15) is 5.82 Å². The lowest BCUT2D eigenvalue weighted by Crippen LogP contribution is -1.98. The van der Waals surface area contributed by atoms with E-state index in [2.05, 4.69) is 197 Å². The van der Waals surface area contributed by atoms with E-state index in [1.54, 1.807) is 0 Å². The molecule has 4 heteroatoms. The summed E-state index contributed by atoms with van der Waals surface area (Å²) in [5.41, 5.74) is 10.3. The molecule has 3 nitrogen and oxygen atoms in total. The number of nitrogens with zero attached hydrogens (tertiary/aromatic N) is 3. The highest BCUT2D eigenvalue weighted by Crippen LogP contribution is 2.43. The summed E-state index contributed by atoms with van der Waals surface area (Å²) in [5.74, 6) is 0.903. The van der Waals surface area contributed by atoms with Crippen molar-refractivity contribution >= 4 is 85.9 Å². The van der Waals surface area contributed by atoms with E-state index in [1.807, 2.05) is 11.3 Å². The van der Waals surface area contributed by atoms with Gasteiger partial charge in [0.15, 0.2) is 0 Å². The zero-order valence-corrected chi connectivity index (χ0v) is 30.5. The van der Waals surface area contributed by atoms with Crippen molar-refractivity contribution in [3.8, 4) is 33.9 Å². The van der Waals surface area contributed by atoms with Crippen molar-refractivity contribution in [2.24, 2.45) is 0 Å². The Morgan fingerprint density at radius 1 is 0.382 bits per heavy atom. The Labute approximate surface area is 320 Å². The largest absolute Gasteiger partial charge is 0.309 e. The van der Waals surface area contributed by atoms with Gasteiger partial charge in [-0.05, 0) is 88.6 Å². The van der Waals surface area contributed by atoms with Crippen molar-refractivity contribution in [1.82, 2.24) is 14.1 Å². The van der Waals surface area contributed by atoms with Crippen molar-refractivity contribution in [2.45, 2.75) is 0 Å². The maximum Gasteiger partial charge on any atom is 0.138 e. The lowest BCUT2D eigenvalue weighted by molar-refractivity contribution is 1.08. The average molecular weight is 718 g/mol. The van der Waals surface area contributed by atoms with Gasteiger partial charge >= 0.3 is 0 Å². The molecular formula is C51H31N3S. The Hall–Kier alpha value is -7.01. The van der Waals surface area contributed by atoms with Crippen molar-refractivity contribution in [2.75, 3.05) is 0 Å². The minimum atomic E-state index is 0.903. The number of aromatic nitrogens is 3. The van der Waals surface area contributed by atoms with Crippen LogP contribution < -0.4 is 0 Å². The summed E-state index contributed by atoms with van der Waals surface area (Å²) in [6.07, 6.45) is 0. The molecule has 0 atom stereocenters. The van der Waals surface area contributed by atoms with E-state index in [0.29, 0.717) is 0 Å². The standard InChI is InChI=1S/C51H31N3S/c1-2-11-32(12-3-1)34-22-21-33-23-25-37(30-36(33)29-34)53-44-17-7-4-13-38(44)40-26-27-46-50(51(40)53)41-15-5-8-18-45(41)54(46)49-20-10-16-43(52-49)35-24-28-48-42(31-35)39-14-6-9-19-47(39)55-48/h1-31H. The number of hydrogen-bond acceptors (Lipinski definition) is 2. The number of benzene rings is 8. The van der Waals surface area contributed by atoms with Crippen LogP contribution in [0.1, 0.15) is 0 Å². The van der Waals surface area contributed by atoms with E-state index in [-0.39, 0.29) is 0 Å². The van der Waals surface area contributed by atoms with E-state index in [1.165, 1.54) is 74.6 Å². The summed E-state index contributed by atoms with van der Waals surface area (Å²) in [6, 6.07) is 68.3. The van der Waals surface area contributed by atoms with Gasteiger partial charge in [0, 0.05) is 53.0 Å². The molecule has 0 unspecified atom stereocenters. The number of rotatable bonds is 4. The second-order valence-electron chi connectivity index (χ2n) is 14.4. The van der Waals surface area contributed by atoms with Crippen LogP contribution in [0.3, 0.4) is 0 Å². The van der Waals surface area contributed by atoms with Gasteiger partial charge in [0.2, 0.25) is 0 Å². The van der Waals surface area contributed by atoms with E-state index in [0.717, 1.165) is 33.8 Å². The molecule has 0 fully saturated rings. The van der Waals surface area contributed by atoms with Crippen LogP contribution in [0, 0.1) is 0 Å². The molecule has 0 saturated heterocycles. The molecule has 12 rings (SSSR count). The van der Waals surface area contributed by atoms with Crippen LogP contribution in [0.15, 0.2) is 188 Å². The van der Waals surface area contributed by atoms with Gasteiger partial charge in [-0.2, -0.15) is 0 Å². The topological polar surface area (TPSA) is 22.8 Å². The maximum absolute atomic E-state index is 5.39. The van der Waals surface area contributed by atoms with E-state index in [9.17, 15) is 0 Å². The van der Waals surface area contributed by atoms with Crippen molar-refractivity contribution < 1.29 is 0 Å². The lowest BCUT2D eigenvalue weighted by Gasteiger charge is -2.12. The molecule has 8 aromatic carbocycles. The minimum Gasteiger partial charge on any atom is -0.309 e. The number of hydrogen-bond donors (Lipinski definition) is 0. The van der Waals surface area contributed by atoms with Crippen LogP contribution >= 0.6 is 11.3 Å². The van der Waals surface area contributed by atoms with Gasteiger partial charge in [-0.1, -0.05) is 121 Å². The molecule has 12 aromatic rings. The van der Waals surface area contributed by atoms with Crippen LogP contribution in [-0.4, -0.2) is 14.1 Å². The number of thiophene rings is 1. The van der Waals surface area contributed by atoms with Crippen LogP contribution in [0.25, 0.3) is 108 Å². The van der Waals surface area contributed by atoms with Crippen LogP contribution in [0.2, 0.25) is 0 Å². The summed E-state index contributed by atoms with van der Waals surface area (Å²) >= 11 is 1.84. The van der Waals surface area contributed by atoms with Gasteiger partial charge in [-0.25, -0.2) is 4.98 Å². The van der Waals surface area contributed by atoms with Crippen molar-refractivity contribution in [1.29, 1.82) is 0 Å². The molecule has 55 heavy (non-hydrogen) atoms. The average Bonchev–Trinajstić information content (AvgIpc) is 3.91. The highest BCUT2D eigenvalue weighted by molar-refractivity contribution is 7.25. The highest BCUT2D eigenvalue weighted by atomic mass is 32.1. The van der Waals surface area contributed by atoms with E-state index in [4.69, 9.17) is 4.98 Å². The predicted octanol–water partition coefficient (Wildman–Crippen LogP) is 14.1. The molecule has 0 N–H and O–H groups in total. The number of para-hydroxylation sites is 2. The maximum atomic E-state index is 5.39. The third kappa shape index (κ3) is 4.59. The molecule has 0 aliphatic heterocycles. The summed E-state index contributed by atoms with van der Waals surface area (Å²) in [5, 5.41) is 9.93. The molecule has 0 saturated carbocycles. The second-order valence-corrected chi connectivity index (χ2v) is 15.4. The van der Waals surface area contributed by atoms with Crippen molar-refractivity contribution in [3.63, 3.8) is 0 Å². The quantitative estimate of drug-likeness (QED) is 0.178. The fourth-order valence-corrected chi connectivity index (χ4v) is 9.89. The first-order valence-electron chi connectivity index (χ1n) is 18.7. The van der Waals surface area contributed by atoms with Gasteiger partial charge in [-0.3, -0.25) is 4.57 Å². The second kappa shape index (κ2) is 11.7. The summed E-state index contributed by atoms with van der Waals surface area (Å²) in [7, 11) is 0. The normalized spacial score (nSPS) is 12.0. The van der Waals surface area contributed by atoms with E-state index < -0.39 is 0 Å². The number of fused-ring (bicyclic) bond motifs is 11. The number of pyridine rings is 1.